The van der Waals surface area contributed by atoms with Crippen molar-refractivity contribution in [3.05, 3.63) is 12.2 Å². The zero-order chi connectivity index (χ0) is 15.7. The van der Waals surface area contributed by atoms with Gasteiger partial charge in [-0.05, 0) is 32.8 Å². The largest absolute Gasteiger partial charge is 0.460 e. The van der Waals surface area contributed by atoms with Crippen molar-refractivity contribution < 1.29 is 28.5 Å². The zero-order valence-corrected chi connectivity index (χ0v) is 12.9. The summed E-state index contributed by atoms with van der Waals surface area (Å²) in [5.74, 6) is -1.27. The van der Waals surface area contributed by atoms with Crippen LogP contribution in [-0.4, -0.2) is 47.6 Å². The van der Waals surface area contributed by atoms with Crippen molar-refractivity contribution >= 4 is 11.8 Å². The third kappa shape index (κ3) is 1.84. The van der Waals surface area contributed by atoms with Gasteiger partial charge >= 0.3 is 5.97 Å². The molecule has 3 aliphatic heterocycles. The highest BCUT2D eigenvalue weighted by molar-refractivity contribution is 5.99. The van der Waals surface area contributed by atoms with Crippen molar-refractivity contribution in [1.82, 2.24) is 0 Å². The van der Waals surface area contributed by atoms with Gasteiger partial charge in [-0.15, -0.1) is 0 Å². The van der Waals surface area contributed by atoms with E-state index in [1.54, 1.807) is 19.9 Å². The van der Waals surface area contributed by atoms with E-state index < -0.39 is 29.7 Å². The predicted molar refractivity (Wildman–Crippen MR) is 73.9 cm³/mol. The summed E-state index contributed by atoms with van der Waals surface area (Å²) in [4.78, 5) is 24.1. The summed E-state index contributed by atoms with van der Waals surface area (Å²) in [7, 11) is 0. The van der Waals surface area contributed by atoms with Crippen LogP contribution in [-0.2, 0) is 28.5 Å². The molecule has 0 unspecified atom stereocenters. The number of carbonyl (C=O) groups is 2. The lowest BCUT2D eigenvalue weighted by Crippen LogP contribution is -2.64. The summed E-state index contributed by atoms with van der Waals surface area (Å²) in [6, 6.07) is 0. The highest BCUT2D eigenvalue weighted by Crippen LogP contribution is 2.54. The van der Waals surface area contributed by atoms with Gasteiger partial charge in [0.1, 0.15) is 18.3 Å². The highest BCUT2D eigenvalue weighted by Gasteiger charge is 2.69. The fraction of sp³-hybridized carbons (Fsp3) is 0.750. The van der Waals surface area contributed by atoms with Crippen molar-refractivity contribution in [1.29, 1.82) is 0 Å². The molecule has 4 rings (SSSR count). The van der Waals surface area contributed by atoms with Gasteiger partial charge in [0.2, 0.25) is 0 Å². The number of hydrogen-bond acceptors (Lipinski definition) is 6. The Kier molecular flexibility index (Phi) is 2.87. The molecule has 3 fully saturated rings. The third-order valence-electron chi connectivity index (χ3n) is 5.07. The quantitative estimate of drug-likeness (QED) is 0.676. The van der Waals surface area contributed by atoms with Gasteiger partial charge in [-0.25, -0.2) is 0 Å². The van der Waals surface area contributed by atoms with Gasteiger partial charge < -0.3 is 18.9 Å². The molecule has 22 heavy (non-hydrogen) atoms. The minimum Gasteiger partial charge on any atom is -0.460 e. The van der Waals surface area contributed by atoms with Crippen LogP contribution in [0.3, 0.4) is 0 Å². The van der Waals surface area contributed by atoms with Crippen molar-refractivity contribution in [2.75, 3.05) is 0 Å². The fourth-order valence-corrected chi connectivity index (χ4v) is 4.40. The molecule has 0 aromatic carbocycles. The molecule has 1 spiro atoms. The molecule has 1 saturated carbocycles. The summed E-state index contributed by atoms with van der Waals surface area (Å²) in [6.45, 7) is 4.99. The van der Waals surface area contributed by atoms with E-state index in [0.29, 0.717) is 6.42 Å². The smallest absolute Gasteiger partial charge is 0.302 e. The molecule has 6 nitrogen and oxygen atoms in total. The molecule has 6 heteroatoms. The van der Waals surface area contributed by atoms with Crippen LogP contribution in [0.25, 0.3) is 0 Å². The number of fused-ring (bicyclic) bond motifs is 2. The Bertz CT molecular complexity index is 567. The van der Waals surface area contributed by atoms with Crippen LogP contribution in [0.1, 0.15) is 33.6 Å². The Hall–Kier alpha value is -1.24. The minimum absolute atomic E-state index is 0.0249. The van der Waals surface area contributed by atoms with Crippen LogP contribution in [0.5, 0.6) is 0 Å². The lowest BCUT2D eigenvalue weighted by Gasteiger charge is -2.45. The molecule has 0 N–H and O–H groups in total. The first-order valence-electron chi connectivity index (χ1n) is 7.75. The van der Waals surface area contributed by atoms with Gasteiger partial charge in [0.05, 0.1) is 6.10 Å². The Morgan fingerprint density at radius 2 is 2.05 bits per heavy atom. The van der Waals surface area contributed by atoms with E-state index in [1.807, 2.05) is 6.08 Å². The second kappa shape index (κ2) is 4.40. The Morgan fingerprint density at radius 1 is 1.27 bits per heavy atom. The average Bonchev–Trinajstić information content (AvgIpc) is 2.90. The predicted octanol–water partition coefficient (Wildman–Crippen LogP) is 1.12. The number of esters is 1. The van der Waals surface area contributed by atoms with Crippen molar-refractivity contribution in [2.24, 2.45) is 5.92 Å². The molecule has 0 amide bonds. The molecule has 0 radical (unpaired) electrons. The van der Waals surface area contributed by atoms with E-state index in [-0.39, 0.29) is 23.8 Å². The maximum absolute atomic E-state index is 12.6. The SMILES string of the molecule is CC(=O)O[C@H]1C[C@H]2C[C@@H]3C=CC(=O)[C@]2(O3)[C@H]2OC(C)(C)O[C@@H]12. The van der Waals surface area contributed by atoms with Crippen molar-refractivity contribution in [3.63, 3.8) is 0 Å². The van der Waals surface area contributed by atoms with Crippen LogP contribution in [0.4, 0.5) is 0 Å². The van der Waals surface area contributed by atoms with Crippen molar-refractivity contribution in [2.45, 2.75) is 69.4 Å². The number of carbonyl (C=O) groups excluding carboxylic acids is 2. The number of ether oxygens (including phenoxy) is 4. The Morgan fingerprint density at radius 3 is 2.77 bits per heavy atom. The summed E-state index contributed by atoms with van der Waals surface area (Å²) in [5.41, 5.74) is -0.992. The highest BCUT2D eigenvalue weighted by atomic mass is 16.8. The lowest BCUT2D eigenvalue weighted by atomic mass is 9.69. The minimum atomic E-state index is -0.992. The molecular formula is C16H20O6. The van der Waals surface area contributed by atoms with E-state index in [9.17, 15) is 9.59 Å². The molecule has 1 aliphatic carbocycles. The summed E-state index contributed by atoms with van der Waals surface area (Å²) in [6.07, 6.45) is 3.20. The van der Waals surface area contributed by atoms with E-state index in [4.69, 9.17) is 18.9 Å². The lowest BCUT2D eigenvalue weighted by molar-refractivity contribution is -0.194. The van der Waals surface area contributed by atoms with E-state index in [1.165, 1.54) is 6.92 Å². The van der Waals surface area contributed by atoms with Gasteiger partial charge in [0, 0.05) is 12.8 Å². The molecule has 2 saturated heterocycles. The number of hydrogen-bond donors (Lipinski definition) is 0. The summed E-state index contributed by atoms with van der Waals surface area (Å²) >= 11 is 0. The summed E-state index contributed by atoms with van der Waals surface area (Å²) in [5, 5.41) is 0. The molecule has 4 aliphatic rings. The van der Waals surface area contributed by atoms with E-state index in [2.05, 4.69) is 0 Å². The molecule has 3 heterocycles. The third-order valence-corrected chi connectivity index (χ3v) is 5.07. The first kappa shape index (κ1) is 14.4. The molecular weight excluding hydrogens is 288 g/mol. The Balaban J connectivity index is 1.75. The van der Waals surface area contributed by atoms with Gasteiger partial charge in [0.25, 0.3) is 0 Å². The molecule has 120 valence electrons. The maximum atomic E-state index is 12.6. The van der Waals surface area contributed by atoms with Gasteiger partial charge in [-0.3, -0.25) is 9.59 Å². The second-order valence-corrected chi connectivity index (χ2v) is 7.01. The summed E-state index contributed by atoms with van der Waals surface area (Å²) < 4.78 is 23.5. The van der Waals surface area contributed by atoms with E-state index in [0.717, 1.165) is 6.42 Å². The average molecular weight is 308 g/mol. The number of ketones is 1. The normalized spacial score (nSPS) is 48.0. The first-order valence-corrected chi connectivity index (χ1v) is 7.75. The molecule has 6 atom stereocenters. The molecule has 0 aromatic heterocycles. The van der Waals surface area contributed by atoms with Crippen molar-refractivity contribution in [3.8, 4) is 0 Å². The topological polar surface area (TPSA) is 71.1 Å². The van der Waals surface area contributed by atoms with Crippen LogP contribution in [0.2, 0.25) is 0 Å². The van der Waals surface area contributed by atoms with E-state index >= 15 is 0 Å². The second-order valence-electron chi connectivity index (χ2n) is 7.01. The van der Waals surface area contributed by atoms with Crippen LogP contribution in [0.15, 0.2) is 12.2 Å². The first-order chi connectivity index (χ1) is 10.3. The maximum Gasteiger partial charge on any atom is 0.302 e. The Labute approximate surface area is 128 Å². The number of rotatable bonds is 1. The monoisotopic (exact) mass is 308 g/mol. The zero-order valence-electron chi connectivity index (χ0n) is 12.9. The van der Waals surface area contributed by atoms with Crippen LogP contribution in [0, 0.1) is 5.92 Å². The van der Waals surface area contributed by atoms with Gasteiger partial charge in [0.15, 0.2) is 17.2 Å². The van der Waals surface area contributed by atoms with Crippen LogP contribution < -0.4 is 0 Å². The fourth-order valence-electron chi connectivity index (χ4n) is 4.40. The van der Waals surface area contributed by atoms with Crippen LogP contribution >= 0.6 is 0 Å². The molecule has 0 aromatic rings. The molecule has 2 bridgehead atoms. The van der Waals surface area contributed by atoms with Gasteiger partial charge in [-0.1, -0.05) is 6.08 Å². The van der Waals surface area contributed by atoms with Gasteiger partial charge in [-0.2, -0.15) is 0 Å². The standard InChI is InChI=1S/C16H20O6/c1-8(17)19-11-7-9-6-10-4-5-12(18)16(9,20-10)14-13(11)21-15(2,3)22-14/h4-5,9-11,13-14H,6-7H2,1-3H3/t9-,10+,11+,13+,14+,16+/m1/s1.